The molecular weight excluding hydrogens is 494 g/mol. The fraction of sp³-hybridized carbons (Fsp3) is 0. The van der Waals surface area contributed by atoms with E-state index >= 15 is 0 Å². The smallest absolute Gasteiger partial charge is 0.159 e. The second-order valence-electron chi connectivity index (χ2n) is 10.1. The summed E-state index contributed by atoms with van der Waals surface area (Å²) in [4.78, 5) is 0. The van der Waals surface area contributed by atoms with Crippen LogP contribution in [-0.4, -0.2) is 4.57 Å². The van der Waals surface area contributed by atoms with Crippen molar-refractivity contribution < 1.29 is 4.42 Å². The van der Waals surface area contributed by atoms with Crippen LogP contribution in [0, 0.1) is 0 Å². The van der Waals surface area contributed by atoms with E-state index < -0.39 is 0 Å². The lowest BCUT2D eigenvalue weighted by atomic mass is 10.0. The molecule has 0 amide bonds. The van der Waals surface area contributed by atoms with Crippen molar-refractivity contribution in [1.29, 1.82) is 0 Å². The number of thiophene rings is 1. The highest BCUT2D eigenvalue weighted by atomic mass is 32.1. The first kappa shape index (κ1) is 21.1. The van der Waals surface area contributed by atoms with Crippen molar-refractivity contribution in [1.82, 2.24) is 4.57 Å². The number of fused-ring (bicyclic) bond motifs is 9. The van der Waals surface area contributed by atoms with Crippen LogP contribution in [0.3, 0.4) is 0 Å². The molecule has 0 unspecified atom stereocenters. The minimum atomic E-state index is 0.908. The maximum Gasteiger partial charge on any atom is 0.159 e. The molecule has 0 bridgehead atoms. The van der Waals surface area contributed by atoms with Crippen LogP contribution in [0.5, 0.6) is 0 Å². The molecule has 0 spiro atoms. The third kappa shape index (κ3) is 2.91. The number of furan rings is 1. The molecule has 3 heterocycles. The predicted molar refractivity (Wildman–Crippen MR) is 166 cm³/mol. The van der Waals surface area contributed by atoms with Gasteiger partial charge in [0.2, 0.25) is 0 Å². The largest absolute Gasteiger partial charge is 0.454 e. The molecule has 9 aromatic rings. The number of aromatic nitrogens is 1. The number of hydrogen-bond acceptors (Lipinski definition) is 2. The van der Waals surface area contributed by atoms with Gasteiger partial charge in [0.1, 0.15) is 5.58 Å². The molecule has 3 aromatic heterocycles. The Morgan fingerprint density at radius 1 is 0.513 bits per heavy atom. The number of benzene rings is 6. The summed E-state index contributed by atoms with van der Waals surface area (Å²) in [5.41, 5.74) is 7.73. The van der Waals surface area contributed by atoms with Gasteiger partial charge in [0, 0.05) is 41.7 Å². The van der Waals surface area contributed by atoms with Crippen molar-refractivity contribution in [2.75, 3.05) is 0 Å². The van der Waals surface area contributed by atoms with Gasteiger partial charge in [-0.3, -0.25) is 0 Å². The van der Waals surface area contributed by atoms with Crippen LogP contribution >= 0.6 is 11.3 Å². The third-order valence-electron chi connectivity index (χ3n) is 8.01. The molecule has 0 aliphatic rings. The molecule has 0 saturated carbocycles. The van der Waals surface area contributed by atoms with Gasteiger partial charge in [-0.1, -0.05) is 91.0 Å². The van der Waals surface area contributed by atoms with Crippen LogP contribution < -0.4 is 0 Å². The monoisotopic (exact) mass is 515 g/mol. The van der Waals surface area contributed by atoms with E-state index in [-0.39, 0.29) is 0 Å². The highest BCUT2D eigenvalue weighted by molar-refractivity contribution is 7.26. The number of para-hydroxylation sites is 3. The molecule has 0 aliphatic heterocycles. The molecule has 3 heteroatoms. The first-order chi connectivity index (χ1) is 19.3. The SMILES string of the molecule is c1ccc2c(c1)sc1c(-c3ccc4oc5c(-n6c7ccccc7c7ccccc76)cccc5c4c3)cccc12. The Bertz CT molecular complexity index is 2350. The van der Waals surface area contributed by atoms with Crippen LogP contribution in [0.1, 0.15) is 0 Å². The standard InChI is InChI=1S/C36H21NOS/c1-4-15-30-24(9-1)25-10-2-5-16-31(25)37(30)32-17-8-13-27-29-21-22(19-20-33(29)38-35(27)32)23-12-7-14-28-26-11-3-6-18-34(26)39-36(23)28/h1-21H. The van der Waals surface area contributed by atoms with Crippen LogP contribution in [0.15, 0.2) is 132 Å². The van der Waals surface area contributed by atoms with E-state index in [9.17, 15) is 0 Å². The Morgan fingerprint density at radius 2 is 1.18 bits per heavy atom. The van der Waals surface area contributed by atoms with E-state index in [1.165, 1.54) is 53.1 Å². The Kier molecular flexibility index (Phi) is 4.24. The molecule has 0 saturated heterocycles. The molecular formula is C36H21NOS. The number of rotatable bonds is 2. The fourth-order valence-electron chi connectivity index (χ4n) is 6.28. The summed E-state index contributed by atoms with van der Waals surface area (Å²) in [5, 5.41) is 7.42. The molecule has 182 valence electrons. The third-order valence-corrected chi connectivity index (χ3v) is 9.23. The summed E-state index contributed by atoms with van der Waals surface area (Å²) in [6, 6.07) is 45.7. The zero-order chi connectivity index (χ0) is 25.5. The lowest BCUT2D eigenvalue weighted by molar-refractivity contribution is 0.666. The average Bonchev–Trinajstić information content (AvgIpc) is 3.66. The van der Waals surface area contributed by atoms with Gasteiger partial charge in [-0.2, -0.15) is 0 Å². The lowest BCUT2D eigenvalue weighted by Gasteiger charge is -2.08. The van der Waals surface area contributed by atoms with Gasteiger partial charge in [0.25, 0.3) is 0 Å². The predicted octanol–water partition coefficient (Wildman–Crippen LogP) is 10.7. The number of nitrogens with zero attached hydrogens (tertiary/aromatic N) is 1. The van der Waals surface area contributed by atoms with Gasteiger partial charge >= 0.3 is 0 Å². The molecule has 9 rings (SSSR count). The van der Waals surface area contributed by atoms with Gasteiger partial charge in [-0.25, -0.2) is 0 Å². The van der Waals surface area contributed by atoms with E-state index in [0.29, 0.717) is 0 Å². The van der Waals surface area contributed by atoms with Crippen LogP contribution in [0.2, 0.25) is 0 Å². The van der Waals surface area contributed by atoms with Gasteiger partial charge < -0.3 is 8.98 Å². The first-order valence-corrected chi connectivity index (χ1v) is 14.0. The topological polar surface area (TPSA) is 18.1 Å². The maximum atomic E-state index is 6.61. The highest BCUT2D eigenvalue weighted by Crippen LogP contribution is 2.42. The molecule has 2 nitrogen and oxygen atoms in total. The summed E-state index contributed by atoms with van der Waals surface area (Å²) in [6.45, 7) is 0. The summed E-state index contributed by atoms with van der Waals surface area (Å²) in [7, 11) is 0. The highest BCUT2D eigenvalue weighted by Gasteiger charge is 2.18. The molecule has 0 N–H and O–H groups in total. The molecule has 0 atom stereocenters. The van der Waals surface area contributed by atoms with Crippen LogP contribution in [0.4, 0.5) is 0 Å². The van der Waals surface area contributed by atoms with Gasteiger partial charge in [-0.15, -0.1) is 11.3 Å². The summed E-state index contributed by atoms with van der Waals surface area (Å²) in [6.07, 6.45) is 0. The average molecular weight is 516 g/mol. The Labute approximate surface area is 227 Å². The van der Waals surface area contributed by atoms with E-state index in [4.69, 9.17) is 4.42 Å². The van der Waals surface area contributed by atoms with E-state index in [2.05, 4.69) is 132 Å². The number of hydrogen-bond donors (Lipinski definition) is 0. The van der Waals surface area contributed by atoms with Gasteiger partial charge in [0.05, 0.1) is 16.7 Å². The summed E-state index contributed by atoms with van der Waals surface area (Å²) in [5.74, 6) is 0. The molecule has 0 fully saturated rings. The Morgan fingerprint density at radius 3 is 2.00 bits per heavy atom. The van der Waals surface area contributed by atoms with E-state index in [1.807, 2.05) is 11.3 Å². The van der Waals surface area contributed by atoms with Gasteiger partial charge in [-0.05, 0) is 47.5 Å². The van der Waals surface area contributed by atoms with Crippen molar-refractivity contribution >= 4 is 75.3 Å². The fourth-order valence-corrected chi connectivity index (χ4v) is 7.52. The zero-order valence-electron chi connectivity index (χ0n) is 20.9. The van der Waals surface area contributed by atoms with E-state index in [0.717, 1.165) is 27.6 Å². The molecule has 0 radical (unpaired) electrons. The van der Waals surface area contributed by atoms with Crippen LogP contribution in [0.25, 0.3) is 80.7 Å². The second-order valence-corrected chi connectivity index (χ2v) is 11.2. The van der Waals surface area contributed by atoms with E-state index in [1.54, 1.807) is 0 Å². The molecule has 39 heavy (non-hydrogen) atoms. The van der Waals surface area contributed by atoms with Crippen LogP contribution in [-0.2, 0) is 0 Å². The van der Waals surface area contributed by atoms with Crippen molar-refractivity contribution in [3.63, 3.8) is 0 Å². The quantitative estimate of drug-likeness (QED) is 0.224. The van der Waals surface area contributed by atoms with Crippen molar-refractivity contribution in [2.45, 2.75) is 0 Å². The van der Waals surface area contributed by atoms with Crippen molar-refractivity contribution in [3.8, 4) is 16.8 Å². The van der Waals surface area contributed by atoms with Crippen molar-refractivity contribution in [2.24, 2.45) is 0 Å². The Balaban J connectivity index is 1.31. The summed E-state index contributed by atoms with van der Waals surface area (Å²) >= 11 is 1.87. The minimum absolute atomic E-state index is 0.908. The normalized spacial score (nSPS) is 12.1. The molecule has 6 aromatic carbocycles. The maximum absolute atomic E-state index is 6.61. The zero-order valence-corrected chi connectivity index (χ0v) is 21.7. The lowest BCUT2D eigenvalue weighted by Crippen LogP contribution is -1.93. The van der Waals surface area contributed by atoms with Crippen molar-refractivity contribution in [3.05, 3.63) is 127 Å². The first-order valence-electron chi connectivity index (χ1n) is 13.2. The second kappa shape index (κ2) is 7.83. The Hall–Kier alpha value is -4.86. The summed E-state index contributed by atoms with van der Waals surface area (Å²) < 4.78 is 11.6. The van der Waals surface area contributed by atoms with Gasteiger partial charge in [0.15, 0.2) is 5.58 Å². The minimum Gasteiger partial charge on any atom is -0.454 e. The molecule has 0 aliphatic carbocycles.